The zero-order valence-electron chi connectivity index (χ0n) is 14.1. The standard InChI is InChI=1S/C17H21N7O/c1-2-23-10-11-25-14(17(23)13-6-4-3-5-7-13)12-18-15-8-9-16-19-21-22-24(16)20-15/h3-9,14,17H,2,10-12H2,1H3,(H,18,20)/t14-,17-/m0/s1. The molecule has 0 amide bonds. The molecular weight excluding hydrogens is 318 g/mol. The molecule has 0 spiro atoms. The average Bonchev–Trinajstić information content (AvgIpc) is 3.14. The molecule has 1 fully saturated rings. The van der Waals surface area contributed by atoms with Crippen molar-refractivity contribution in [3.05, 3.63) is 48.0 Å². The first-order valence-corrected chi connectivity index (χ1v) is 8.55. The Morgan fingerprint density at radius 2 is 2.08 bits per heavy atom. The molecule has 0 aliphatic carbocycles. The predicted octanol–water partition coefficient (Wildman–Crippen LogP) is 1.39. The molecule has 130 valence electrons. The minimum atomic E-state index is 0.0440. The van der Waals surface area contributed by atoms with Gasteiger partial charge in [0.05, 0.1) is 18.8 Å². The Kier molecular flexibility index (Phi) is 4.53. The van der Waals surface area contributed by atoms with Crippen molar-refractivity contribution in [2.45, 2.75) is 19.1 Å². The van der Waals surface area contributed by atoms with E-state index >= 15 is 0 Å². The first-order valence-electron chi connectivity index (χ1n) is 8.55. The summed E-state index contributed by atoms with van der Waals surface area (Å²) in [5, 5.41) is 19.0. The van der Waals surface area contributed by atoms with Crippen LogP contribution in [0.2, 0.25) is 0 Å². The lowest BCUT2D eigenvalue weighted by Gasteiger charge is -2.41. The summed E-state index contributed by atoms with van der Waals surface area (Å²) in [5.74, 6) is 0.726. The first-order chi connectivity index (χ1) is 12.3. The molecule has 1 aliphatic rings. The van der Waals surface area contributed by atoms with Crippen LogP contribution in [0, 0.1) is 0 Å². The highest BCUT2D eigenvalue weighted by Crippen LogP contribution is 2.29. The number of benzene rings is 1. The summed E-state index contributed by atoms with van der Waals surface area (Å²) in [5.41, 5.74) is 1.90. The molecule has 8 heteroatoms. The molecule has 0 radical (unpaired) electrons. The number of rotatable bonds is 5. The fourth-order valence-corrected chi connectivity index (χ4v) is 3.34. The van der Waals surface area contributed by atoms with Gasteiger partial charge in [0.1, 0.15) is 5.82 Å². The zero-order valence-corrected chi connectivity index (χ0v) is 14.1. The van der Waals surface area contributed by atoms with Crippen LogP contribution in [-0.4, -0.2) is 62.5 Å². The van der Waals surface area contributed by atoms with Crippen LogP contribution < -0.4 is 5.32 Å². The van der Waals surface area contributed by atoms with Crippen LogP contribution in [0.1, 0.15) is 18.5 Å². The second kappa shape index (κ2) is 7.12. The molecule has 8 nitrogen and oxygen atoms in total. The zero-order chi connectivity index (χ0) is 17.1. The monoisotopic (exact) mass is 339 g/mol. The molecule has 2 aromatic heterocycles. The summed E-state index contributed by atoms with van der Waals surface area (Å²) in [6, 6.07) is 14.5. The van der Waals surface area contributed by atoms with E-state index < -0.39 is 0 Å². The summed E-state index contributed by atoms with van der Waals surface area (Å²) < 4.78 is 7.51. The molecular formula is C17H21N7O. The van der Waals surface area contributed by atoms with Gasteiger partial charge in [-0.1, -0.05) is 37.3 Å². The van der Waals surface area contributed by atoms with Crippen LogP contribution >= 0.6 is 0 Å². The van der Waals surface area contributed by atoms with Crippen molar-refractivity contribution in [3.63, 3.8) is 0 Å². The Bertz CT molecular complexity index is 822. The molecule has 0 saturated carbocycles. The molecule has 0 bridgehead atoms. The first kappa shape index (κ1) is 15.9. The highest BCUT2D eigenvalue weighted by atomic mass is 16.5. The van der Waals surface area contributed by atoms with E-state index in [1.165, 1.54) is 10.2 Å². The maximum absolute atomic E-state index is 6.09. The van der Waals surface area contributed by atoms with E-state index in [-0.39, 0.29) is 12.1 Å². The van der Waals surface area contributed by atoms with Gasteiger partial charge in [0, 0.05) is 13.1 Å². The fraction of sp³-hybridized carbons (Fsp3) is 0.412. The second-order valence-corrected chi connectivity index (χ2v) is 6.02. The van der Waals surface area contributed by atoms with Crippen molar-refractivity contribution in [2.75, 3.05) is 31.6 Å². The van der Waals surface area contributed by atoms with Crippen molar-refractivity contribution >= 4 is 11.5 Å². The van der Waals surface area contributed by atoms with Gasteiger partial charge < -0.3 is 10.1 Å². The Labute approximate surface area is 145 Å². The lowest BCUT2D eigenvalue weighted by molar-refractivity contribution is -0.0639. The topological polar surface area (TPSA) is 80.5 Å². The highest BCUT2D eigenvalue weighted by molar-refractivity contribution is 5.42. The maximum atomic E-state index is 6.09. The van der Waals surface area contributed by atoms with Crippen LogP contribution in [0.25, 0.3) is 5.65 Å². The van der Waals surface area contributed by atoms with Gasteiger partial charge in [-0.3, -0.25) is 4.90 Å². The number of likely N-dealkylation sites (N-methyl/N-ethyl adjacent to an activating group) is 1. The molecule has 1 saturated heterocycles. The van der Waals surface area contributed by atoms with E-state index in [1.54, 1.807) is 0 Å². The Balaban J connectivity index is 1.52. The molecule has 1 aliphatic heterocycles. The smallest absolute Gasteiger partial charge is 0.200 e. The van der Waals surface area contributed by atoms with Crippen molar-refractivity contribution < 1.29 is 4.74 Å². The van der Waals surface area contributed by atoms with E-state index in [1.807, 2.05) is 18.2 Å². The minimum Gasteiger partial charge on any atom is -0.373 e. The largest absolute Gasteiger partial charge is 0.373 e. The van der Waals surface area contributed by atoms with E-state index in [0.29, 0.717) is 12.2 Å². The lowest BCUT2D eigenvalue weighted by atomic mass is 9.98. The van der Waals surface area contributed by atoms with Gasteiger partial charge in [0.15, 0.2) is 5.65 Å². The lowest BCUT2D eigenvalue weighted by Crippen LogP contribution is -2.47. The minimum absolute atomic E-state index is 0.0440. The van der Waals surface area contributed by atoms with Crippen molar-refractivity contribution in [2.24, 2.45) is 0 Å². The molecule has 1 N–H and O–H groups in total. The fourth-order valence-electron chi connectivity index (χ4n) is 3.34. The molecule has 2 atom stereocenters. The predicted molar refractivity (Wildman–Crippen MR) is 93.2 cm³/mol. The van der Waals surface area contributed by atoms with Gasteiger partial charge in [-0.05, 0) is 34.7 Å². The highest BCUT2D eigenvalue weighted by Gasteiger charge is 2.32. The summed E-state index contributed by atoms with van der Waals surface area (Å²) in [7, 11) is 0. The van der Waals surface area contributed by atoms with Gasteiger partial charge in [0.2, 0.25) is 0 Å². The number of nitrogens with zero attached hydrogens (tertiary/aromatic N) is 6. The number of anilines is 1. The quantitative estimate of drug-likeness (QED) is 0.752. The third kappa shape index (κ3) is 3.31. The second-order valence-electron chi connectivity index (χ2n) is 6.02. The Morgan fingerprint density at radius 1 is 1.20 bits per heavy atom. The average molecular weight is 339 g/mol. The molecule has 3 aromatic rings. The number of aromatic nitrogens is 5. The number of tetrazole rings is 1. The van der Waals surface area contributed by atoms with E-state index in [2.05, 4.69) is 62.0 Å². The number of fused-ring (bicyclic) bond motifs is 1. The van der Waals surface area contributed by atoms with Crippen LogP contribution in [0.4, 0.5) is 5.82 Å². The van der Waals surface area contributed by atoms with Gasteiger partial charge in [-0.2, -0.15) is 0 Å². The number of hydrogen-bond donors (Lipinski definition) is 1. The van der Waals surface area contributed by atoms with Gasteiger partial charge in [0.25, 0.3) is 0 Å². The van der Waals surface area contributed by atoms with E-state index in [0.717, 1.165) is 25.5 Å². The molecule has 25 heavy (non-hydrogen) atoms. The van der Waals surface area contributed by atoms with Crippen molar-refractivity contribution in [1.82, 2.24) is 30.2 Å². The van der Waals surface area contributed by atoms with Crippen molar-refractivity contribution in [1.29, 1.82) is 0 Å². The Hall–Kier alpha value is -2.58. The molecule has 1 aromatic carbocycles. The van der Waals surface area contributed by atoms with Crippen LogP contribution in [0.5, 0.6) is 0 Å². The van der Waals surface area contributed by atoms with E-state index in [9.17, 15) is 0 Å². The van der Waals surface area contributed by atoms with Crippen LogP contribution in [-0.2, 0) is 4.74 Å². The summed E-state index contributed by atoms with van der Waals surface area (Å²) in [4.78, 5) is 2.46. The third-order valence-corrected chi connectivity index (χ3v) is 4.56. The summed E-state index contributed by atoms with van der Waals surface area (Å²) in [6.45, 7) is 5.54. The van der Waals surface area contributed by atoms with Gasteiger partial charge in [-0.25, -0.2) is 0 Å². The molecule has 4 rings (SSSR count). The normalized spacial score (nSPS) is 21.5. The van der Waals surface area contributed by atoms with Gasteiger partial charge >= 0.3 is 0 Å². The van der Waals surface area contributed by atoms with E-state index in [4.69, 9.17) is 4.74 Å². The number of morpholine rings is 1. The van der Waals surface area contributed by atoms with Crippen LogP contribution in [0.3, 0.4) is 0 Å². The number of hydrogen-bond acceptors (Lipinski definition) is 7. The van der Waals surface area contributed by atoms with Gasteiger partial charge in [-0.15, -0.1) is 14.8 Å². The maximum Gasteiger partial charge on any atom is 0.200 e. The van der Waals surface area contributed by atoms with Crippen molar-refractivity contribution in [3.8, 4) is 0 Å². The SMILES string of the molecule is CCN1CCO[C@@H](CNc2ccc3nnnn3n2)[C@@H]1c1ccccc1. The number of nitrogens with one attached hydrogen (secondary N) is 1. The summed E-state index contributed by atoms with van der Waals surface area (Å²) >= 11 is 0. The Morgan fingerprint density at radius 3 is 2.92 bits per heavy atom. The third-order valence-electron chi connectivity index (χ3n) is 4.56. The summed E-state index contributed by atoms with van der Waals surface area (Å²) in [6.07, 6.45) is 0.0440. The van der Waals surface area contributed by atoms with Crippen LogP contribution in [0.15, 0.2) is 42.5 Å². The molecule has 3 heterocycles. The molecule has 0 unspecified atom stereocenters. The number of ether oxygens (including phenoxy) is 1.